The molecule has 0 aliphatic heterocycles. The van der Waals surface area contributed by atoms with Crippen LogP contribution in [0.4, 0.5) is 4.79 Å². The lowest BCUT2D eigenvalue weighted by atomic mass is 9.77. The first-order valence-corrected chi connectivity index (χ1v) is 6.68. The molecule has 0 spiro atoms. The Morgan fingerprint density at radius 2 is 2.28 bits per heavy atom. The molecule has 1 saturated carbocycles. The van der Waals surface area contributed by atoms with Gasteiger partial charge in [-0.1, -0.05) is 0 Å². The number of aliphatic carboxylic acids is 1. The molecule has 1 aliphatic carbocycles. The Bertz CT molecular complexity index is 429. The van der Waals surface area contributed by atoms with Gasteiger partial charge in [0.2, 0.25) is 0 Å². The van der Waals surface area contributed by atoms with Crippen molar-refractivity contribution in [1.29, 1.82) is 0 Å². The number of hydrogen-bond acceptors (Lipinski definition) is 4. The predicted molar refractivity (Wildman–Crippen MR) is 66.6 cm³/mol. The summed E-state index contributed by atoms with van der Waals surface area (Å²) in [6.07, 6.45) is 4.22. The maximum Gasteiger partial charge on any atom is 0.329 e. The van der Waals surface area contributed by atoms with E-state index in [4.69, 9.17) is 5.11 Å². The van der Waals surface area contributed by atoms with Crippen molar-refractivity contribution < 1.29 is 14.7 Å². The van der Waals surface area contributed by atoms with Crippen LogP contribution in [0, 0.1) is 0 Å². The van der Waals surface area contributed by atoms with Gasteiger partial charge in [-0.2, -0.15) is 0 Å². The second kappa shape index (κ2) is 5.34. The van der Waals surface area contributed by atoms with Crippen LogP contribution in [0.1, 0.15) is 24.3 Å². The Labute approximate surface area is 108 Å². The number of nitrogens with zero attached hydrogens (tertiary/aromatic N) is 1. The summed E-state index contributed by atoms with van der Waals surface area (Å²) in [6.45, 7) is 0.453. The number of rotatable bonds is 5. The van der Waals surface area contributed by atoms with E-state index in [0.29, 0.717) is 25.8 Å². The van der Waals surface area contributed by atoms with Crippen molar-refractivity contribution in [3.63, 3.8) is 0 Å². The van der Waals surface area contributed by atoms with E-state index in [9.17, 15) is 9.59 Å². The molecule has 98 valence electrons. The van der Waals surface area contributed by atoms with E-state index in [1.54, 1.807) is 6.20 Å². The fraction of sp³-hybridized carbons (Fsp3) is 0.545. The minimum atomic E-state index is -1.05. The summed E-state index contributed by atoms with van der Waals surface area (Å²) in [7, 11) is 0. The van der Waals surface area contributed by atoms with E-state index >= 15 is 0 Å². The number of aromatic nitrogens is 1. The summed E-state index contributed by atoms with van der Waals surface area (Å²) in [4.78, 5) is 26.7. The summed E-state index contributed by atoms with van der Waals surface area (Å²) in [5.41, 5.74) is -1.05. The number of carboxylic acids is 1. The van der Waals surface area contributed by atoms with Crippen LogP contribution in [0.2, 0.25) is 0 Å². The minimum absolute atomic E-state index is 0.423. The van der Waals surface area contributed by atoms with Gasteiger partial charge in [0.1, 0.15) is 5.54 Å². The second-order valence-electron chi connectivity index (χ2n) is 4.30. The molecule has 18 heavy (non-hydrogen) atoms. The Hall–Kier alpha value is -1.63. The number of hydrogen-bond donors (Lipinski definition) is 3. The highest BCUT2D eigenvalue weighted by molar-refractivity contribution is 7.09. The first-order valence-electron chi connectivity index (χ1n) is 5.80. The SMILES string of the molecule is O=C(NCCc1nccs1)NC1(C(=O)O)CCC1. The standard InChI is InChI=1S/C11H15N3O3S/c15-9(16)11(3-1-4-11)14-10(17)13-5-2-8-12-6-7-18-8/h6-7H,1-5H2,(H,15,16)(H2,13,14,17). The molecule has 0 unspecified atom stereocenters. The highest BCUT2D eigenvalue weighted by Gasteiger charge is 2.45. The molecule has 0 aromatic carbocycles. The number of carboxylic acid groups (broad SMARTS) is 1. The molecule has 0 saturated heterocycles. The molecule has 2 amide bonds. The number of thiazole rings is 1. The van der Waals surface area contributed by atoms with Crippen molar-refractivity contribution in [1.82, 2.24) is 15.6 Å². The molecule has 3 N–H and O–H groups in total. The fourth-order valence-electron chi connectivity index (χ4n) is 1.84. The Morgan fingerprint density at radius 3 is 2.78 bits per heavy atom. The lowest BCUT2D eigenvalue weighted by Gasteiger charge is -2.38. The zero-order valence-electron chi connectivity index (χ0n) is 9.81. The van der Waals surface area contributed by atoms with Crippen LogP contribution < -0.4 is 10.6 Å². The zero-order chi connectivity index (χ0) is 13.0. The van der Waals surface area contributed by atoms with Gasteiger partial charge in [-0.3, -0.25) is 0 Å². The number of carbonyl (C=O) groups is 2. The van der Waals surface area contributed by atoms with E-state index in [1.165, 1.54) is 11.3 Å². The summed E-state index contributed by atoms with van der Waals surface area (Å²) >= 11 is 1.53. The summed E-state index contributed by atoms with van der Waals surface area (Å²) in [5.74, 6) is -0.955. The largest absolute Gasteiger partial charge is 0.480 e. The van der Waals surface area contributed by atoms with E-state index in [0.717, 1.165) is 11.4 Å². The summed E-state index contributed by atoms with van der Waals surface area (Å²) < 4.78 is 0. The van der Waals surface area contributed by atoms with Crippen LogP contribution in [0.3, 0.4) is 0 Å². The van der Waals surface area contributed by atoms with Gasteiger partial charge in [-0.25, -0.2) is 14.6 Å². The van der Waals surface area contributed by atoms with E-state index < -0.39 is 17.5 Å². The van der Waals surface area contributed by atoms with E-state index in [-0.39, 0.29) is 0 Å². The summed E-state index contributed by atoms with van der Waals surface area (Å²) in [6, 6.07) is -0.423. The van der Waals surface area contributed by atoms with Crippen LogP contribution in [-0.2, 0) is 11.2 Å². The number of nitrogens with one attached hydrogen (secondary N) is 2. The van der Waals surface area contributed by atoms with Gasteiger partial charge in [-0.05, 0) is 19.3 Å². The van der Waals surface area contributed by atoms with Gasteiger partial charge in [0.15, 0.2) is 0 Å². The monoisotopic (exact) mass is 269 g/mol. The van der Waals surface area contributed by atoms with Crippen LogP contribution in [0.5, 0.6) is 0 Å². The average Bonchev–Trinajstić information content (AvgIpc) is 2.76. The lowest BCUT2D eigenvalue weighted by Crippen LogP contribution is -2.61. The van der Waals surface area contributed by atoms with Gasteiger partial charge < -0.3 is 15.7 Å². The molecule has 1 aromatic rings. The fourth-order valence-corrected chi connectivity index (χ4v) is 2.46. The number of carbonyl (C=O) groups excluding carboxylic acids is 1. The normalized spacial score (nSPS) is 16.7. The third-order valence-electron chi connectivity index (χ3n) is 3.08. The topological polar surface area (TPSA) is 91.3 Å². The molecular formula is C11H15N3O3S. The van der Waals surface area contributed by atoms with Crippen molar-refractivity contribution in [2.45, 2.75) is 31.2 Å². The first kappa shape index (κ1) is 12.8. The molecule has 6 nitrogen and oxygen atoms in total. The summed E-state index contributed by atoms with van der Waals surface area (Å²) in [5, 5.41) is 17.1. The first-order chi connectivity index (χ1) is 8.62. The maximum atomic E-state index is 11.6. The molecule has 0 atom stereocenters. The average molecular weight is 269 g/mol. The minimum Gasteiger partial charge on any atom is -0.480 e. The van der Waals surface area contributed by atoms with Gasteiger partial charge in [0.05, 0.1) is 5.01 Å². The third-order valence-corrected chi connectivity index (χ3v) is 3.92. The Kier molecular flexibility index (Phi) is 3.81. The van der Waals surface area contributed by atoms with Crippen molar-refractivity contribution in [3.8, 4) is 0 Å². The predicted octanol–water partition coefficient (Wildman–Crippen LogP) is 0.992. The van der Waals surface area contributed by atoms with Gasteiger partial charge >= 0.3 is 12.0 Å². The smallest absolute Gasteiger partial charge is 0.329 e. The van der Waals surface area contributed by atoms with Gasteiger partial charge in [0.25, 0.3) is 0 Å². The maximum absolute atomic E-state index is 11.6. The van der Waals surface area contributed by atoms with Crippen LogP contribution in [0.25, 0.3) is 0 Å². The quantitative estimate of drug-likeness (QED) is 0.743. The van der Waals surface area contributed by atoms with Crippen molar-refractivity contribution in [2.24, 2.45) is 0 Å². The molecule has 1 aromatic heterocycles. The lowest BCUT2D eigenvalue weighted by molar-refractivity contribution is -0.148. The highest BCUT2D eigenvalue weighted by atomic mass is 32.1. The molecule has 1 aliphatic rings. The van der Waals surface area contributed by atoms with Crippen molar-refractivity contribution in [2.75, 3.05) is 6.54 Å². The van der Waals surface area contributed by atoms with E-state index in [1.807, 2.05) is 5.38 Å². The van der Waals surface area contributed by atoms with Crippen molar-refractivity contribution >= 4 is 23.3 Å². The number of urea groups is 1. The van der Waals surface area contributed by atoms with Crippen LogP contribution in [-0.4, -0.2) is 34.2 Å². The molecule has 1 heterocycles. The molecule has 0 radical (unpaired) electrons. The second-order valence-corrected chi connectivity index (χ2v) is 5.28. The van der Waals surface area contributed by atoms with Crippen LogP contribution in [0.15, 0.2) is 11.6 Å². The zero-order valence-corrected chi connectivity index (χ0v) is 10.6. The van der Waals surface area contributed by atoms with Crippen molar-refractivity contribution in [3.05, 3.63) is 16.6 Å². The molecule has 0 bridgehead atoms. The Morgan fingerprint density at radius 1 is 1.50 bits per heavy atom. The van der Waals surface area contributed by atoms with Gasteiger partial charge in [0, 0.05) is 24.5 Å². The van der Waals surface area contributed by atoms with Gasteiger partial charge in [-0.15, -0.1) is 11.3 Å². The van der Waals surface area contributed by atoms with E-state index in [2.05, 4.69) is 15.6 Å². The highest BCUT2D eigenvalue weighted by Crippen LogP contribution is 2.31. The molecule has 7 heteroatoms. The van der Waals surface area contributed by atoms with Crippen LogP contribution >= 0.6 is 11.3 Å². The molecule has 2 rings (SSSR count). The molecular weight excluding hydrogens is 254 g/mol. The third kappa shape index (κ3) is 2.79. The Balaban J connectivity index is 1.73. The molecule has 1 fully saturated rings. The number of amides is 2.